The molecule has 2 heterocycles. The summed E-state index contributed by atoms with van der Waals surface area (Å²) < 4.78 is 7.87. The van der Waals surface area contributed by atoms with Gasteiger partial charge >= 0.3 is 0 Å². The predicted molar refractivity (Wildman–Crippen MR) is 130 cm³/mol. The van der Waals surface area contributed by atoms with Crippen LogP contribution in [0.5, 0.6) is 5.75 Å². The standard InChI is InChI=1S/C28H24N4O2/c1-19-14-27-25(16-23(19)15-21-8-10-24(11-9-21)31-13-5-12-30-31)28(33)32(20(2)18-34-27)26-7-4-3-6-22(26)17-29/h3-14,16,20H,15,18H2,1-2H3/t20-/m1/s1. The van der Waals surface area contributed by atoms with Crippen molar-refractivity contribution in [1.29, 1.82) is 5.26 Å². The summed E-state index contributed by atoms with van der Waals surface area (Å²) in [6, 6.07) is 23.2. The molecule has 0 aliphatic carbocycles. The van der Waals surface area contributed by atoms with Gasteiger partial charge in [-0.2, -0.15) is 10.4 Å². The molecule has 1 amide bonds. The third kappa shape index (κ3) is 3.93. The number of hydrogen-bond donors (Lipinski definition) is 0. The van der Waals surface area contributed by atoms with Crippen LogP contribution < -0.4 is 9.64 Å². The van der Waals surface area contributed by atoms with E-state index in [2.05, 4.69) is 23.3 Å². The van der Waals surface area contributed by atoms with Crippen LogP contribution in [0.2, 0.25) is 0 Å². The largest absolute Gasteiger partial charge is 0.491 e. The van der Waals surface area contributed by atoms with Crippen LogP contribution >= 0.6 is 0 Å². The third-order valence-electron chi connectivity index (χ3n) is 6.19. The molecule has 5 rings (SSSR count). The van der Waals surface area contributed by atoms with E-state index in [9.17, 15) is 10.1 Å². The Bertz CT molecular complexity index is 1390. The molecule has 0 N–H and O–H groups in total. The fourth-order valence-corrected chi connectivity index (χ4v) is 4.35. The van der Waals surface area contributed by atoms with Gasteiger partial charge in [0.25, 0.3) is 5.91 Å². The molecular weight excluding hydrogens is 424 g/mol. The summed E-state index contributed by atoms with van der Waals surface area (Å²) in [5, 5.41) is 13.9. The van der Waals surface area contributed by atoms with E-state index < -0.39 is 0 Å². The van der Waals surface area contributed by atoms with Gasteiger partial charge in [0.15, 0.2) is 0 Å². The number of ether oxygens (including phenoxy) is 1. The molecule has 4 aromatic rings. The van der Waals surface area contributed by atoms with Gasteiger partial charge in [0, 0.05) is 12.4 Å². The molecule has 1 aliphatic heterocycles. The van der Waals surface area contributed by atoms with E-state index >= 15 is 0 Å². The van der Waals surface area contributed by atoms with Gasteiger partial charge in [0.1, 0.15) is 18.4 Å². The maximum absolute atomic E-state index is 13.7. The van der Waals surface area contributed by atoms with Crippen molar-refractivity contribution in [2.75, 3.05) is 11.5 Å². The summed E-state index contributed by atoms with van der Waals surface area (Å²) in [4.78, 5) is 15.4. The monoisotopic (exact) mass is 448 g/mol. The highest BCUT2D eigenvalue weighted by molar-refractivity contribution is 6.09. The topological polar surface area (TPSA) is 71.2 Å². The van der Waals surface area contributed by atoms with Crippen LogP contribution in [0.1, 0.15) is 39.5 Å². The fourth-order valence-electron chi connectivity index (χ4n) is 4.35. The average molecular weight is 449 g/mol. The lowest BCUT2D eigenvalue weighted by molar-refractivity contribution is 0.0981. The van der Waals surface area contributed by atoms with Crippen molar-refractivity contribution < 1.29 is 9.53 Å². The second-order valence-electron chi connectivity index (χ2n) is 8.53. The van der Waals surface area contributed by atoms with Crippen molar-refractivity contribution in [2.24, 2.45) is 0 Å². The molecular formula is C28H24N4O2. The minimum Gasteiger partial charge on any atom is -0.491 e. The fraction of sp³-hybridized carbons (Fsp3) is 0.179. The Morgan fingerprint density at radius 2 is 1.91 bits per heavy atom. The van der Waals surface area contributed by atoms with Crippen LogP contribution in [-0.2, 0) is 6.42 Å². The third-order valence-corrected chi connectivity index (χ3v) is 6.19. The highest BCUT2D eigenvalue weighted by Crippen LogP contribution is 2.33. The van der Waals surface area contributed by atoms with Crippen molar-refractivity contribution >= 4 is 11.6 Å². The first-order chi connectivity index (χ1) is 16.5. The van der Waals surface area contributed by atoms with Crippen molar-refractivity contribution in [2.45, 2.75) is 26.3 Å². The maximum Gasteiger partial charge on any atom is 0.262 e. The minimum atomic E-state index is -0.215. The van der Waals surface area contributed by atoms with Gasteiger partial charge in [-0.25, -0.2) is 4.68 Å². The highest BCUT2D eigenvalue weighted by Gasteiger charge is 2.31. The van der Waals surface area contributed by atoms with Crippen LogP contribution in [0, 0.1) is 18.3 Å². The van der Waals surface area contributed by atoms with Gasteiger partial charge in [0.2, 0.25) is 0 Å². The minimum absolute atomic E-state index is 0.155. The molecule has 0 bridgehead atoms. The molecule has 1 aliphatic rings. The lowest BCUT2D eigenvalue weighted by Crippen LogP contribution is -2.40. The zero-order valence-electron chi connectivity index (χ0n) is 19.1. The second kappa shape index (κ2) is 8.87. The molecule has 6 nitrogen and oxygen atoms in total. The molecule has 168 valence electrons. The van der Waals surface area contributed by atoms with Crippen LogP contribution in [0.3, 0.4) is 0 Å². The van der Waals surface area contributed by atoms with Gasteiger partial charge in [-0.15, -0.1) is 0 Å². The Morgan fingerprint density at radius 3 is 2.65 bits per heavy atom. The van der Waals surface area contributed by atoms with Crippen LogP contribution in [0.15, 0.2) is 79.1 Å². The molecule has 0 saturated carbocycles. The van der Waals surface area contributed by atoms with Gasteiger partial charge < -0.3 is 9.64 Å². The number of carbonyl (C=O) groups excluding carboxylic acids is 1. The maximum atomic E-state index is 13.7. The van der Waals surface area contributed by atoms with E-state index in [0.29, 0.717) is 35.6 Å². The van der Waals surface area contributed by atoms with Crippen molar-refractivity contribution in [1.82, 2.24) is 9.78 Å². The van der Waals surface area contributed by atoms with Crippen LogP contribution in [0.25, 0.3) is 5.69 Å². The quantitative estimate of drug-likeness (QED) is 0.437. The summed E-state index contributed by atoms with van der Waals surface area (Å²) in [6.45, 7) is 4.33. The lowest BCUT2D eigenvalue weighted by atomic mass is 9.96. The first kappa shape index (κ1) is 21.5. The molecule has 34 heavy (non-hydrogen) atoms. The van der Waals surface area contributed by atoms with E-state index in [1.807, 2.05) is 67.2 Å². The summed E-state index contributed by atoms with van der Waals surface area (Å²) in [7, 11) is 0. The Balaban J connectivity index is 1.49. The number of fused-ring (bicyclic) bond motifs is 1. The molecule has 0 saturated heterocycles. The number of para-hydroxylation sites is 1. The summed E-state index contributed by atoms with van der Waals surface area (Å²) >= 11 is 0. The molecule has 1 atom stereocenters. The van der Waals surface area contributed by atoms with Gasteiger partial charge in [-0.05, 0) is 79.4 Å². The number of nitriles is 1. The van der Waals surface area contributed by atoms with E-state index in [-0.39, 0.29) is 11.9 Å². The van der Waals surface area contributed by atoms with Crippen molar-refractivity contribution in [3.63, 3.8) is 0 Å². The number of aromatic nitrogens is 2. The van der Waals surface area contributed by atoms with E-state index in [1.54, 1.807) is 23.2 Å². The van der Waals surface area contributed by atoms with Gasteiger partial charge in [-0.1, -0.05) is 24.3 Å². The van der Waals surface area contributed by atoms with Gasteiger partial charge in [0.05, 0.1) is 28.5 Å². The molecule has 0 fully saturated rings. The predicted octanol–water partition coefficient (Wildman–Crippen LogP) is 5.07. The van der Waals surface area contributed by atoms with E-state index in [4.69, 9.17) is 4.74 Å². The Hall–Kier alpha value is -4.37. The Kier molecular flexibility index (Phi) is 5.60. The zero-order chi connectivity index (χ0) is 23.7. The summed E-state index contributed by atoms with van der Waals surface area (Å²) in [5.41, 5.74) is 5.86. The molecule has 0 radical (unpaired) electrons. The number of amides is 1. The number of aryl methyl sites for hydroxylation is 1. The number of anilines is 1. The number of rotatable bonds is 4. The van der Waals surface area contributed by atoms with Crippen LogP contribution in [0.4, 0.5) is 5.69 Å². The molecule has 0 unspecified atom stereocenters. The number of benzene rings is 3. The first-order valence-corrected chi connectivity index (χ1v) is 11.2. The lowest BCUT2D eigenvalue weighted by Gasteiger charge is -2.27. The van der Waals surface area contributed by atoms with E-state index in [0.717, 1.165) is 22.4 Å². The molecule has 6 heteroatoms. The average Bonchev–Trinajstić information content (AvgIpc) is 3.36. The highest BCUT2D eigenvalue weighted by atomic mass is 16.5. The van der Waals surface area contributed by atoms with Crippen LogP contribution in [-0.4, -0.2) is 28.3 Å². The SMILES string of the molecule is Cc1cc2c(cc1Cc1ccc(-n3cccn3)cc1)C(=O)N(c1ccccc1C#N)[C@H](C)CO2. The zero-order valence-corrected chi connectivity index (χ0v) is 19.1. The summed E-state index contributed by atoms with van der Waals surface area (Å²) in [5.74, 6) is 0.432. The number of nitrogens with zero attached hydrogens (tertiary/aromatic N) is 4. The smallest absolute Gasteiger partial charge is 0.262 e. The van der Waals surface area contributed by atoms with E-state index in [1.165, 1.54) is 0 Å². The Labute approximate surface area is 198 Å². The van der Waals surface area contributed by atoms with Crippen molar-refractivity contribution in [3.8, 4) is 17.5 Å². The number of hydrogen-bond acceptors (Lipinski definition) is 4. The van der Waals surface area contributed by atoms with Gasteiger partial charge in [-0.3, -0.25) is 4.79 Å². The molecule has 0 spiro atoms. The first-order valence-electron chi connectivity index (χ1n) is 11.2. The Morgan fingerprint density at radius 1 is 1.12 bits per heavy atom. The molecule has 1 aromatic heterocycles. The normalized spacial score (nSPS) is 15.3. The molecule has 3 aromatic carbocycles. The van der Waals surface area contributed by atoms with Crippen molar-refractivity contribution in [3.05, 3.63) is 107 Å². The summed E-state index contributed by atoms with van der Waals surface area (Å²) in [6.07, 6.45) is 4.36. The number of carbonyl (C=O) groups is 1. The second-order valence-corrected chi connectivity index (χ2v) is 8.53.